The fourth-order valence-corrected chi connectivity index (χ4v) is 1.47. The molecule has 5 heteroatoms. The van der Waals surface area contributed by atoms with Crippen LogP contribution in [0.15, 0.2) is 0 Å². The van der Waals surface area contributed by atoms with E-state index in [1.807, 2.05) is 0 Å². The van der Waals surface area contributed by atoms with E-state index in [9.17, 15) is 8.42 Å². The quantitative estimate of drug-likeness (QED) is 0.667. The van der Waals surface area contributed by atoms with Crippen LogP contribution in [0.25, 0.3) is 0 Å². The second-order valence-corrected chi connectivity index (χ2v) is 6.34. The van der Waals surface area contributed by atoms with E-state index in [0.29, 0.717) is 6.54 Å². The minimum absolute atomic E-state index is 0.200. The zero-order chi connectivity index (χ0) is 9.99. The zero-order valence-electron chi connectivity index (χ0n) is 8.09. The molecule has 0 aliphatic carbocycles. The SMILES string of the molecule is C[C@H](CN)NS(=O)(=O)C(C)(C)C. The number of hydrogen-bond acceptors (Lipinski definition) is 3. The summed E-state index contributed by atoms with van der Waals surface area (Å²) in [7, 11) is -3.24. The summed E-state index contributed by atoms with van der Waals surface area (Å²) >= 11 is 0. The molecule has 0 fully saturated rings. The van der Waals surface area contributed by atoms with Crippen LogP contribution in [-0.2, 0) is 10.0 Å². The molecule has 0 aromatic carbocycles. The molecule has 0 spiro atoms. The smallest absolute Gasteiger partial charge is 0.216 e. The van der Waals surface area contributed by atoms with Gasteiger partial charge in [0.2, 0.25) is 10.0 Å². The second kappa shape index (κ2) is 3.72. The van der Waals surface area contributed by atoms with Gasteiger partial charge in [-0.15, -0.1) is 0 Å². The molecule has 0 amide bonds. The number of rotatable bonds is 3. The van der Waals surface area contributed by atoms with Gasteiger partial charge < -0.3 is 5.73 Å². The van der Waals surface area contributed by atoms with Gasteiger partial charge in [-0.25, -0.2) is 13.1 Å². The minimum Gasteiger partial charge on any atom is -0.329 e. The lowest BCUT2D eigenvalue weighted by atomic mass is 10.3. The summed E-state index contributed by atoms with van der Waals surface area (Å²) < 4.78 is 24.6. The monoisotopic (exact) mass is 194 g/mol. The summed E-state index contributed by atoms with van der Waals surface area (Å²) in [5.41, 5.74) is 5.30. The minimum atomic E-state index is -3.24. The van der Waals surface area contributed by atoms with Gasteiger partial charge in [0, 0.05) is 12.6 Å². The summed E-state index contributed by atoms with van der Waals surface area (Å²) in [5, 5.41) is 0. The van der Waals surface area contributed by atoms with E-state index in [1.54, 1.807) is 27.7 Å². The number of nitrogens with one attached hydrogen (secondary N) is 1. The Kier molecular flexibility index (Phi) is 3.68. The first kappa shape index (κ1) is 11.9. The van der Waals surface area contributed by atoms with Crippen LogP contribution in [0.1, 0.15) is 27.7 Å². The summed E-state index contributed by atoms with van der Waals surface area (Å²) in [4.78, 5) is 0. The van der Waals surface area contributed by atoms with Crippen LogP contribution in [-0.4, -0.2) is 25.8 Å². The highest BCUT2D eigenvalue weighted by molar-refractivity contribution is 7.90. The molecule has 0 aliphatic heterocycles. The molecule has 0 radical (unpaired) electrons. The molecular formula is C7H18N2O2S. The van der Waals surface area contributed by atoms with Gasteiger partial charge >= 0.3 is 0 Å². The number of hydrogen-bond donors (Lipinski definition) is 2. The van der Waals surface area contributed by atoms with Gasteiger partial charge in [0.1, 0.15) is 0 Å². The van der Waals surface area contributed by atoms with Crippen molar-refractivity contribution in [3.63, 3.8) is 0 Å². The van der Waals surface area contributed by atoms with E-state index in [4.69, 9.17) is 5.73 Å². The predicted octanol–water partition coefficient (Wildman–Crippen LogP) is 0.0515. The maximum Gasteiger partial charge on any atom is 0.216 e. The van der Waals surface area contributed by atoms with Gasteiger partial charge in [0.25, 0.3) is 0 Å². The molecule has 74 valence electrons. The van der Waals surface area contributed by atoms with Crippen LogP contribution in [0, 0.1) is 0 Å². The van der Waals surface area contributed by atoms with Crippen molar-refractivity contribution in [3.8, 4) is 0 Å². The summed E-state index contributed by atoms with van der Waals surface area (Å²) in [6.07, 6.45) is 0. The Morgan fingerprint density at radius 3 is 2.08 bits per heavy atom. The van der Waals surface area contributed by atoms with E-state index in [-0.39, 0.29) is 6.04 Å². The van der Waals surface area contributed by atoms with Crippen molar-refractivity contribution in [3.05, 3.63) is 0 Å². The molecule has 4 nitrogen and oxygen atoms in total. The van der Waals surface area contributed by atoms with E-state index in [2.05, 4.69) is 4.72 Å². The highest BCUT2D eigenvalue weighted by Gasteiger charge is 2.29. The fourth-order valence-electron chi connectivity index (χ4n) is 0.490. The molecule has 3 N–H and O–H groups in total. The van der Waals surface area contributed by atoms with Crippen molar-refractivity contribution in [1.82, 2.24) is 4.72 Å². The van der Waals surface area contributed by atoms with Crippen LogP contribution in [0.4, 0.5) is 0 Å². The van der Waals surface area contributed by atoms with Gasteiger partial charge in [-0.05, 0) is 27.7 Å². The van der Waals surface area contributed by atoms with Gasteiger partial charge in [0.05, 0.1) is 4.75 Å². The van der Waals surface area contributed by atoms with E-state index in [0.717, 1.165) is 0 Å². The highest BCUT2D eigenvalue weighted by atomic mass is 32.2. The Hall–Kier alpha value is -0.130. The molecule has 12 heavy (non-hydrogen) atoms. The van der Waals surface area contributed by atoms with Crippen LogP contribution >= 0.6 is 0 Å². The van der Waals surface area contributed by atoms with Crippen molar-refractivity contribution in [1.29, 1.82) is 0 Å². The summed E-state index contributed by atoms with van der Waals surface area (Å²) in [6, 6.07) is -0.200. The molecule has 0 aromatic heterocycles. The first-order valence-electron chi connectivity index (χ1n) is 3.92. The topological polar surface area (TPSA) is 72.2 Å². The third kappa shape index (κ3) is 3.08. The van der Waals surface area contributed by atoms with Crippen molar-refractivity contribution >= 4 is 10.0 Å². The van der Waals surface area contributed by atoms with Crippen LogP contribution in [0.2, 0.25) is 0 Å². The van der Waals surface area contributed by atoms with Gasteiger partial charge in [-0.2, -0.15) is 0 Å². The Bertz CT molecular complexity index is 228. The molecule has 0 rings (SSSR count). The molecule has 0 aliphatic rings. The standard InChI is InChI=1S/C7H18N2O2S/c1-6(5-8)9-12(10,11)7(2,3)4/h6,9H,5,8H2,1-4H3/t6-/m1/s1. The average Bonchev–Trinajstić information content (AvgIpc) is 1.84. The van der Waals surface area contributed by atoms with Crippen molar-refractivity contribution < 1.29 is 8.42 Å². The summed E-state index contributed by atoms with van der Waals surface area (Å²) in [6.45, 7) is 7.01. The molecular weight excluding hydrogens is 176 g/mol. The van der Waals surface area contributed by atoms with E-state index >= 15 is 0 Å². The first-order chi connectivity index (χ1) is 5.20. The Morgan fingerprint density at radius 2 is 1.83 bits per heavy atom. The average molecular weight is 194 g/mol. The Morgan fingerprint density at radius 1 is 1.42 bits per heavy atom. The van der Waals surface area contributed by atoms with Gasteiger partial charge in [-0.1, -0.05) is 0 Å². The molecule has 0 saturated carbocycles. The fraction of sp³-hybridized carbons (Fsp3) is 1.00. The molecule has 0 saturated heterocycles. The second-order valence-electron chi connectivity index (χ2n) is 3.87. The molecule has 0 heterocycles. The molecule has 1 atom stereocenters. The van der Waals surface area contributed by atoms with E-state index in [1.165, 1.54) is 0 Å². The van der Waals surface area contributed by atoms with E-state index < -0.39 is 14.8 Å². The molecule has 0 unspecified atom stereocenters. The van der Waals surface area contributed by atoms with Crippen LogP contribution in [0.3, 0.4) is 0 Å². The first-order valence-corrected chi connectivity index (χ1v) is 5.41. The lowest BCUT2D eigenvalue weighted by molar-refractivity contribution is 0.529. The number of sulfonamides is 1. The maximum absolute atomic E-state index is 11.5. The predicted molar refractivity (Wildman–Crippen MR) is 50.3 cm³/mol. The highest BCUT2D eigenvalue weighted by Crippen LogP contribution is 2.13. The van der Waals surface area contributed by atoms with Crippen LogP contribution in [0.5, 0.6) is 0 Å². The molecule has 0 aromatic rings. The lowest BCUT2D eigenvalue weighted by Crippen LogP contribution is -2.46. The van der Waals surface area contributed by atoms with Crippen molar-refractivity contribution in [2.45, 2.75) is 38.5 Å². The van der Waals surface area contributed by atoms with Gasteiger partial charge in [0.15, 0.2) is 0 Å². The normalized spacial score (nSPS) is 16.1. The third-order valence-electron chi connectivity index (χ3n) is 1.52. The van der Waals surface area contributed by atoms with Crippen molar-refractivity contribution in [2.75, 3.05) is 6.54 Å². The van der Waals surface area contributed by atoms with Crippen molar-refractivity contribution in [2.24, 2.45) is 5.73 Å². The summed E-state index contributed by atoms with van der Waals surface area (Å²) in [5.74, 6) is 0. The zero-order valence-corrected chi connectivity index (χ0v) is 8.90. The third-order valence-corrected chi connectivity index (χ3v) is 3.84. The van der Waals surface area contributed by atoms with Crippen LogP contribution < -0.4 is 10.5 Å². The Balaban J connectivity index is 4.46. The Labute approximate surface area is 74.6 Å². The maximum atomic E-state index is 11.5. The molecule has 0 bridgehead atoms. The largest absolute Gasteiger partial charge is 0.329 e. The lowest BCUT2D eigenvalue weighted by Gasteiger charge is -2.22. The number of nitrogens with two attached hydrogens (primary N) is 1. The van der Waals surface area contributed by atoms with Gasteiger partial charge in [-0.3, -0.25) is 0 Å².